The van der Waals surface area contributed by atoms with Gasteiger partial charge in [0.15, 0.2) is 0 Å². The minimum Gasteiger partial charge on any atom is -0.491 e. The van der Waals surface area contributed by atoms with E-state index in [2.05, 4.69) is 13.8 Å². The minimum absolute atomic E-state index is 0.0155. The summed E-state index contributed by atoms with van der Waals surface area (Å²) in [5, 5.41) is 0. The number of esters is 1. The molecule has 0 radical (unpaired) electrons. The average Bonchev–Trinajstić information content (AvgIpc) is 2.84. The Morgan fingerprint density at radius 2 is 1.42 bits per heavy atom. The van der Waals surface area contributed by atoms with E-state index in [0.717, 1.165) is 57.3 Å². The molecule has 1 aliphatic rings. The highest BCUT2D eigenvalue weighted by Gasteiger charge is 2.27. The molecule has 0 aliphatic heterocycles. The molecule has 1 aliphatic carbocycles. The van der Waals surface area contributed by atoms with E-state index in [1.807, 2.05) is 0 Å². The Hall–Kier alpha value is -1.58. The molecule has 1 fully saturated rings. The first kappa shape index (κ1) is 27.7. The van der Waals surface area contributed by atoms with Crippen LogP contribution in [-0.4, -0.2) is 18.7 Å². The fraction of sp³-hybridized carbons (Fsp3) is 0.759. The van der Waals surface area contributed by atoms with Crippen molar-refractivity contribution in [1.29, 1.82) is 0 Å². The van der Waals surface area contributed by atoms with Crippen molar-refractivity contribution in [3.05, 3.63) is 24.3 Å². The van der Waals surface area contributed by atoms with Crippen LogP contribution in [-0.2, 0) is 4.79 Å². The van der Waals surface area contributed by atoms with Crippen molar-refractivity contribution in [3.63, 3.8) is 0 Å². The van der Waals surface area contributed by atoms with Crippen LogP contribution >= 0.6 is 0 Å². The Bertz CT molecular complexity index is 622. The monoisotopic (exact) mass is 462 g/mol. The van der Waals surface area contributed by atoms with Crippen molar-refractivity contribution in [2.45, 2.75) is 123 Å². The first-order valence-electron chi connectivity index (χ1n) is 13.7. The zero-order valence-corrected chi connectivity index (χ0v) is 21.2. The summed E-state index contributed by atoms with van der Waals surface area (Å²) in [7, 11) is 0. The Morgan fingerprint density at radius 1 is 0.848 bits per heavy atom. The van der Waals surface area contributed by atoms with Gasteiger partial charge in [-0.2, -0.15) is 0 Å². The SMILES string of the molecule is CCCCCCCC[C@H]1CC[C@H](C(=O)Oc2ccc(OCC(F)CCCCCC)cc2)CC1. The summed E-state index contributed by atoms with van der Waals surface area (Å²) in [5.41, 5.74) is 0. The first-order chi connectivity index (χ1) is 16.1. The van der Waals surface area contributed by atoms with Gasteiger partial charge < -0.3 is 9.47 Å². The lowest BCUT2D eigenvalue weighted by Crippen LogP contribution is -2.25. The van der Waals surface area contributed by atoms with E-state index in [0.29, 0.717) is 17.9 Å². The zero-order valence-electron chi connectivity index (χ0n) is 21.2. The van der Waals surface area contributed by atoms with Crippen LogP contribution in [0.5, 0.6) is 11.5 Å². The molecule has 0 spiro atoms. The Morgan fingerprint density at radius 3 is 2.09 bits per heavy atom. The van der Waals surface area contributed by atoms with Crippen LogP contribution in [0.1, 0.15) is 117 Å². The first-order valence-corrected chi connectivity index (χ1v) is 13.7. The molecule has 1 unspecified atom stereocenters. The summed E-state index contributed by atoms with van der Waals surface area (Å²) in [6.45, 7) is 4.49. The number of benzene rings is 1. The second-order valence-electron chi connectivity index (χ2n) is 9.92. The van der Waals surface area contributed by atoms with Gasteiger partial charge in [-0.15, -0.1) is 0 Å². The molecular weight excluding hydrogens is 415 g/mol. The molecule has 0 saturated heterocycles. The van der Waals surface area contributed by atoms with Gasteiger partial charge in [0.1, 0.15) is 24.3 Å². The van der Waals surface area contributed by atoms with Crippen LogP contribution in [0, 0.1) is 11.8 Å². The van der Waals surface area contributed by atoms with E-state index in [1.165, 1.54) is 44.9 Å². The summed E-state index contributed by atoms with van der Waals surface area (Å²) < 4.78 is 25.1. The van der Waals surface area contributed by atoms with Gasteiger partial charge in [-0.25, -0.2) is 4.39 Å². The lowest BCUT2D eigenvalue weighted by molar-refractivity contribution is -0.140. The molecule has 4 heteroatoms. The summed E-state index contributed by atoms with van der Waals surface area (Å²) in [6.07, 6.45) is 17.5. The van der Waals surface area contributed by atoms with Crippen LogP contribution < -0.4 is 9.47 Å². The zero-order chi connectivity index (χ0) is 23.7. The van der Waals surface area contributed by atoms with Gasteiger partial charge in [-0.05, 0) is 62.3 Å². The fourth-order valence-electron chi connectivity index (χ4n) is 4.77. The summed E-state index contributed by atoms with van der Waals surface area (Å²) in [4.78, 5) is 12.6. The number of hydrogen-bond acceptors (Lipinski definition) is 3. The van der Waals surface area contributed by atoms with Gasteiger partial charge in [0.05, 0.1) is 5.92 Å². The number of halogens is 1. The normalized spacial score (nSPS) is 19.2. The summed E-state index contributed by atoms with van der Waals surface area (Å²) in [5.74, 6) is 1.83. The van der Waals surface area contributed by atoms with Crippen molar-refractivity contribution in [2.75, 3.05) is 6.61 Å². The smallest absolute Gasteiger partial charge is 0.314 e. The minimum atomic E-state index is -0.935. The Kier molecular flexibility index (Phi) is 14.2. The van der Waals surface area contributed by atoms with Crippen molar-refractivity contribution < 1.29 is 18.7 Å². The third-order valence-electron chi connectivity index (χ3n) is 6.99. The van der Waals surface area contributed by atoms with E-state index >= 15 is 0 Å². The molecule has 1 aromatic carbocycles. The number of ether oxygens (including phenoxy) is 2. The second kappa shape index (κ2) is 16.9. The van der Waals surface area contributed by atoms with Crippen LogP contribution in [0.25, 0.3) is 0 Å². The van der Waals surface area contributed by atoms with E-state index in [1.54, 1.807) is 24.3 Å². The maximum atomic E-state index is 13.9. The van der Waals surface area contributed by atoms with Crippen molar-refractivity contribution >= 4 is 5.97 Å². The molecule has 188 valence electrons. The van der Waals surface area contributed by atoms with Gasteiger partial charge in [0, 0.05) is 0 Å². The molecule has 0 aromatic heterocycles. The molecule has 1 saturated carbocycles. The number of alkyl halides is 1. The van der Waals surface area contributed by atoms with Crippen LogP contribution in [0.2, 0.25) is 0 Å². The fourth-order valence-corrected chi connectivity index (χ4v) is 4.77. The number of hydrogen-bond donors (Lipinski definition) is 0. The van der Waals surface area contributed by atoms with Crippen molar-refractivity contribution in [2.24, 2.45) is 11.8 Å². The van der Waals surface area contributed by atoms with Gasteiger partial charge in [-0.1, -0.05) is 84.5 Å². The van der Waals surface area contributed by atoms with Crippen LogP contribution in [0.15, 0.2) is 24.3 Å². The topological polar surface area (TPSA) is 35.5 Å². The van der Waals surface area contributed by atoms with Crippen molar-refractivity contribution in [1.82, 2.24) is 0 Å². The lowest BCUT2D eigenvalue weighted by atomic mass is 9.80. The molecular formula is C29H47FO3. The summed E-state index contributed by atoms with van der Waals surface area (Å²) in [6, 6.07) is 6.99. The molecule has 1 aromatic rings. The number of rotatable bonds is 17. The highest BCUT2D eigenvalue weighted by atomic mass is 19.1. The van der Waals surface area contributed by atoms with Gasteiger partial charge in [-0.3, -0.25) is 4.79 Å². The van der Waals surface area contributed by atoms with Gasteiger partial charge in [0.2, 0.25) is 0 Å². The predicted molar refractivity (Wildman–Crippen MR) is 135 cm³/mol. The third-order valence-corrected chi connectivity index (χ3v) is 6.99. The van der Waals surface area contributed by atoms with Crippen LogP contribution in [0.4, 0.5) is 4.39 Å². The molecule has 2 rings (SSSR count). The lowest BCUT2D eigenvalue weighted by Gasteiger charge is -2.27. The number of unbranched alkanes of at least 4 members (excludes halogenated alkanes) is 8. The molecule has 0 amide bonds. The maximum absolute atomic E-state index is 13.9. The molecule has 0 N–H and O–H groups in total. The standard InChI is InChI=1S/C29H47FO3/c1-3-5-7-9-10-11-13-24-15-17-25(18-16-24)29(31)33-28-21-19-27(20-22-28)32-23-26(30)14-12-8-6-4-2/h19-22,24-26H,3-18,23H2,1-2H3/t24-,25-,26?. The van der Waals surface area contributed by atoms with Gasteiger partial charge >= 0.3 is 5.97 Å². The molecule has 1 atom stereocenters. The predicted octanol–water partition coefficient (Wildman–Crippen LogP) is 8.84. The van der Waals surface area contributed by atoms with Crippen molar-refractivity contribution in [3.8, 4) is 11.5 Å². The molecule has 3 nitrogen and oxygen atoms in total. The Labute approximate surface area is 201 Å². The van der Waals surface area contributed by atoms with Gasteiger partial charge in [0.25, 0.3) is 0 Å². The largest absolute Gasteiger partial charge is 0.491 e. The van der Waals surface area contributed by atoms with Crippen LogP contribution in [0.3, 0.4) is 0 Å². The highest BCUT2D eigenvalue weighted by molar-refractivity contribution is 5.75. The highest BCUT2D eigenvalue weighted by Crippen LogP contribution is 2.33. The Balaban J connectivity index is 1.60. The average molecular weight is 463 g/mol. The molecule has 33 heavy (non-hydrogen) atoms. The third kappa shape index (κ3) is 11.9. The summed E-state index contributed by atoms with van der Waals surface area (Å²) >= 11 is 0. The quantitative estimate of drug-likeness (QED) is 0.132. The molecule has 0 heterocycles. The van der Waals surface area contributed by atoms with E-state index in [9.17, 15) is 9.18 Å². The molecule has 0 bridgehead atoms. The van der Waals surface area contributed by atoms with E-state index in [-0.39, 0.29) is 18.5 Å². The van der Waals surface area contributed by atoms with E-state index < -0.39 is 6.17 Å². The maximum Gasteiger partial charge on any atom is 0.314 e. The van der Waals surface area contributed by atoms with E-state index in [4.69, 9.17) is 9.47 Å². The second-order valence-corrected chi connectivity index (χ2v) is 9.92. The number of carbonyl (C=O) groups excluding carboxylic acids is 1. The number of carbonyl (C=O) groups is 1.